The highest BCUT2D eigenvalue weighted by atomic mass is 79.9. The molecule has 0 radical (unpaired) electrons. The van der Waals surface area contributed by atoms with E-state index in [1.807, 2.05) is 6.07 Å². The van der Waals surface area contributed by atoms with E-state index in [0.717, 1.165) is 44.0 Å². The van der Waals surface area contributed by atoms with Gasteiger partial charge in [0.2, 0.25) is 5.95 Å². The van der Waals surface area contributed by atoms with Gasteiger partial charge < -0.3 is 30.3 Å². The van der Waals surface area contributed by atoms with Gasteiger partial charge in [-0.2, -0.15) is 4.98 Å². The lowest BCUT2D eigenvalue weighted by Crippen LogP contribution is -2.52. The molecule has 3 aliphatic rings. The Morgan fingerprint density at radius 2 is 1.79 bits per heavy atom. The van der Waals surface area contributed by atoms with Crippen LogP contribution in [0.3, 0.4) is 0 Å². The van der Waals surface area contributed by atoms with Crippen molar-refractivity contribution < 1.29 is 14.2 Å². The van der Waals surface area contributed by atoms with Gasteiger partial charge in [-0.3, -0.25) is 4.90 Å². The Kier molecular flexibility index (Phi) is 8.28. The number of benzene rings is 2. The molecule has 0 bridgehead atoms. The average molecular weight is 641 g/mol. The van der Waals surface area contributed by atoms with Gasteiger partial charge in [0.1, 0.15) is 17.4 Å². The Morgan fingerprint density at radius 3 is 2.52 bits per heavy atom. The second kappa shape index (κ2) is 11.9. The van der Waals surface area contributed by atoms with E-state index >= 15 is 0 Å². The Hall–Kier alpha value is -2.99. The summed E-state index contributed by atoms with van der Waals surface area (Å²) in [6.07, 6.45) is 4.87. The number of aliphatic hydroxyl groups is 1. The summed E-state index contributed by atoms with van der Waals surface area (Å²) in [7, 11) is 2.21. The fourth-order valence-electron chi connectivity index (χ4n) is 6.25. The number of halogens is 2. The topological polar surface area (TPSA) is 89.0 Å². The van der Waals surface area contributed by atoms with Gasteiger partial charge in [-0.05, 0) is 73.9 Å². The maximum Gasteiger partial charge on any atom is 0.229 e. The Bertz CT molecular complexity index is 1430. The molecular formula is C31H39BrFN7O2. The van der Waals surface area contributed by atoms with E-state index in [1.54, 1.807) is 26.1 Å². The first-order chi connectivity index (χ1) is 20.2. The number of rotatable bonds is 7. The lowest BCUT2D eigenvalue weighted by Gasteiger charge is -2.43. The van der Waals surface area contributed by atoms with Crippen LogP contribution in [0.4, 0.5) is 33.2 Å². The van der Waals surface area contributed by atoms with E-state index < -0.39 is 11.4 Å². The van der Waals surface area contributed by atoms with Crippen molar-refractivity contribution in [2.45, 2.75) is 44.8 Å². The molecular weight excluding hydrogens is 601 g/mol. The number of nitrogens with one attached hydrogen (secondary N) is 2. The normalized spacial score (nSPS) is 18.6. The van der Waals surface area contributed by atoms with Gasteiger partial charge in [0.25, 0.3) is 0 Å². The number of piperidine rings is 1. The summed E-state index contributed by atoms with van der Waals surface area (Å²) < 4.78 is 20.8. The number of piperazine rings is 1. The second-order valence-electron chi connectivity index (χ2n) is 12.0. The summed E-state index contributed by atoms with van der Waals surface area (Å²) in [6.45, 7) is 10.7. The molecule has 3 N–H and O–H groups in total. The van der Waals surface area contributed by atoms with E-state index in [2.05, 4.69) is 64.3 Å². The van der Waals surface area contributed by atoms with Crippen molar-refractivity contribution in [2.75, 3.05) is 68.5 Å². The molecule has 0 amide bonds. The highest BCUT2D eigenvalue weighted by molar-refractivity contribution is 9.10. The first kappa shape index (κ1) is 29.1. The van der Waals surface area contributed by atoms with Crippen LogP contribution in [0.5, 0.6) is 5.75 Å². The van der Waals surface area contributed by atoms with Crippen molar-refractivity contribution in [2.24, 2.45) is 0 Å². The lowest BCUT2D eigenvalue weighted by atomic mass is 9.96. The van der Waals surface area contributed by atoms with Crippen LogP contribution in [0.1, 0.15) is 37.8 Å². The highest BCUT2D eigenvalue weighted by Crippen LogP contribution is 2.42. The molecule has 9 nitrogen and oxygen atoms in total. The summed E-state index contributed by atoms with van der Waals surface area (Å²) in [4.78, 5) is 16.7. The van der Waals surface area contributed by atoms with E-state index in [9.17, 15) is 9.50 Å². The predicted octanol–water partition coefficient (Wildman–Crippen LogP) is 5.24. The van der Waals surface area contributed by atoms with Crippen molar-refractivity contribution in [1.82, 2.24) is 19.8 Å². The van der Waals surface area contributed by atoms with Crippen LogP contribution in [-0.4, -0.2) is 83.8 Å². The number of hydrogen-bond acceptors (Lipinski definition) is 9. The third kappa shape index (κ3) is 6.20. The van der Waals surface area contributed by atoms with Gasteiger partial charge in [-0.1, -0.05) is 6.07 Å². The van der Waals surface area contributed by atoms with Gasteiger partial charge in [-0.15, -0.1) is 0 Å². The van der Waals surface area contributed by atoms with E-state index in [-0.39, 0.29) is 0 Å². The molecule has 4 heterocycles. The number of nitrogens with zero attached hydrogens (tertiary/aromatic N) is 5. The number of likely N-dealkylation sites (N-methyl/N-ethyl adjacent to an activating group) is 1. The SMILES string of the molecule is CN1CCN(C2CCN(c3ccc(Nc4ncc(Br)c(Nc5cc(F)ccc5C(C)(C)O)n4)c4c3CCO4)CC2)CC1. The molecule has 0 spiro atoms. The van der Waals surface area contributed by atoms with Crippen LogP contribution in [0.2, 0.25) is 0 Å². The summed E-state index contributed by atoms with van der Waals surface area (Å²) in [5.41, 5.74) is 3.11. The summed E-state index contributed by atoms with van der Waals surface area (Å²) in [6, 6.07) is 9.16. The molecule has 2 fully saturated rings. The molecule has 3 aromatic rings. The highest BCUT2D eigenvalue weighted by Gasteiger charge is 2.30. The largest absolute Gasteiger partial charge is 0.491 e. The standard InChI is InChI=1S/C31H39BrFN7O2/c1-31(2,41)23-5-4-20(33)18-26(23)35-29-24(32)19-34-30(37-29)36-25-6-7-27(22-10-17-42-28(22)25)40-11-8-21(9-12-40)39-15-13-38(3)14-16-39/h4-7,18-19,21,41H,8-17H2,1-3H3,(H2,34,35,36,37). The van der Waals surface area contributed by atoms with Gasteiger partial charge >= 0.3 is 0 Å². The molecule has 2 saturated heterocycles. The fraction of sp³-hybridized carbons (Fsp3) is 0.484. The number of hydrogen-bond donors (Lipinski definition) is 3. The number of fused-ring (bicyclic) bond motifs is 1. The Balaban J connectivity index is 1.18. The molecule has 224 valence electrons. The molecule has 0 atom stereocenters. The van der Waals surface area contributed by atoms with Gasteiger partial charge in [0, 0.05) is 80.4 Å². The van der Waals surface area contributed by atoms with Gasteiger partial charge in [0.15, 0.2) is 0 Å². The molecule has 2 aromatic carbocycles. The molecule has 1 aromatic heterocycles. The molecule has 11 heteroatoms. The molecule has 6 rings (SSSR count). The summed E-state index contributed by atoms with van der Waals surface area (Å²) in [5, 5.41) is 17.1. The van der Waals surface area contributed by atoms with Crippen LogP contribution in [0, 0.1) is 5.82 Å². The maximum atomic E-state index is 14.1. The van der Waals surface area contributed by atoms with Crippen LogP contribution >= 0.6 is 15.9 Å². The van der Waals surface area contributed by atoms with Crippen molar-refractivity contribution in [1.29, 1.82) is 0 Å². The number of ether oxygens (including phenoxy) is 1. The third-order valence-electron chi connectivity index (χ3n) is 8.58. The Labute approximate surface area is 255 Å². The van der Waals surface area contributed by atoms with Crippen LogP contribution < -0.4 is 20.3 Å². The monoisotopic (exact) mass is 639 g/mol. The van der Waals surface area contributed by atoms with Crippen molar-refractivity contribution >= 4 is 44.8 Å². The van der Waals surface area contributed by atoms with Crippen LogP contribution in [0.25, 0.3) is 0 Å². The lowest BCUT2D eigenvalue weighted by molar-refractivity contribution is 0.0793. The summed E-state index contributed by atoms with van der Waals surface area (Å²) in [5.74, 6) is 1.26. The minimum absolute atomic E-state index is 0.375. The third-order valence-corrected chi connectivity index (χ3v) is 9.16. The van der Waals surface area contributed by atoms with Crippen molar-refractivity contribution in [3.05, 3.63) is 57.9 Å². The van der Waals surface area contributed by atoms with Crippen molar-refractivity contribution in [3.8, 4) is 5.75 Å². The number of anilines is 5. The van der Waals surface area contributed by atoms with Gasteiger partial charge in [0.05, 0.1) is 22.4 Å². The Morgan fingerprint density at radius 1 is 1.02 bits per heavy atom. The molecule has 42 heavy (non-hydrogen) atoms. The van der Waals surface area contributed by atoms with Gasteiger partial charge in [-0.25, -0.2) is 9.37 Å². The van der Waals surface area contributed by atoms with Crippen molar-refractivity contribution in [3.63, 3.8) is 0 Å². The fourth-order valence-corrected chi connectivity index (χ4v) is 6.54. The first-order valence-electron chi connectivity index (χ1n) is 14.7. The molecule has 0 aliphatic carbocycles. The zero-order chi connectivity index (χ0) is 29.4. The van der Waals surface area contributed by atoms with Crippen LogP contribution in [-0.2, 0) is 12.0 Å². The zero-order valence-electron chi connectivity index (χ0n) is 24.5. The zero-order valence-corrected chi connectivity index (χ0v) is 26.0. The first-order valence-corrected chi connectivity index (χ1v) is 15.5. The maximum absolute atomic E-state index is 14.1. The van der Waals surface area contributed by atoms with E-state index in [1.165, 1.54) is 49.3 Å². The van der Waals surface area contributed by atoms with E-state index in [0.29, 0.717) is 40.1 Å². The predicted molar refractivity (Wildman–Crippen MR) is 168 cm³/mol. The summed E-state index contributed by atoms with van der Waals surface area (Å²) >= 11 is 3.50. The van der Waals surface area contributed by atoms with Crippen LogP contribution in [0.15, 0.2) is 41.0 Å². The minimum atomic E-state index is -1.17. The quantitative estimate of drug-likeness (QED) is 0.321. The molecule has 0 unspecified atom stereocenters. The molecule has 0 saturated carbocycles. The minimum Gasteiger partial charge on any atom is -0.491 e. The smallest absolute Gasteiger partial charge is 0.229 e. The average Bonchev–Trinajstić information content (AvgIpc) is 3.46. The van der Waals surface area contributed by atoms with E-state index in [4.69, 9.17) is 4.74 Å². The second-order valence-corrected chi connectivity index (χ2v) is 12.8. The molecule has 3 aliphatic heterocycles. The number of aromatic nitrogens is 2.